The third-order valence-corrected chi connectivity index (χ3v) is 3.80. The fraction of sp³-hybridized carbons (Fsp3) is 0.500. The van der Waals surface area contributed by atoms with Gasteiger partial charge in [-0.05, 0) is 41.7 Å². The van der Waals surface area contributed by atoms with Crippen molar-refractivity contribution in [1.29, 1.82) is 0 Å². The Kier molecular flexibility index (Phi) is 1.31. The van der Waals surface area contributed by atoms with Crippen LogP contribution in [-0.2, 0) is 5.41 Å². The fourth-order valence-corrected chi connectivity index (χ4v) is 3.50. The molecule has 0 aromatic heterocycles. The highest BCUT2D eigenvalue weighted by atomic mass is 19.1. The maximum absolute atomic E-state index is 13.5. The molecule has 0 heterocycles. The molecule has 3 fully saturated rings. The van der Waals surface area contributed by atoms with Gasteiger partial charge in [-0.3, -0.25) is 0 Å². The van der Waals surface area contributed by atoms with Gasteiger partial charge in [-0.2, -0.15) is 0 Å². The summed E-state index contributed by atoms with van der Waals surface area (Å²) in [6.45, 7) is 2.23. The lowest BCUT2D eigenvalue weighted by atomic mass is 9.34. The van der Waals surface area contributed by atoms with Gasteiger partial charge >= 0.3 is 0 Å². The molecule has 0 amide bonds. The fourth-order valence-electron chi connectivity index (χ4n) is 3.50. The Morgan fingerprint density at radius 3 is 2.29 bits per heavy atom. The lowest BCUT2D eigenvalue weighted by Crippen LogP contribution is -2.63. The van der Waals surface area contributed by atoms with E-state index >= 15 is 0 Å². The summed E-state index contributed by atoms with van der Waals surface area (Å²) in [5.41, 5.74) is 1.25. The minimum atomic E-state index is -0.482. The lowest BCUT2D eigenvalue weighted by Gasteiger charge is -2.70. The van der Waals surface area contributed by atoms with Crippen LogP contribution in [0.15, 0.2) is 18.2 Å². The van der Waals surface area contributed by atoms with Gasteiger partial charge in [-0.1, -0.05) is 13.0 Å². The van der Waals surface area contributed by atoms with Gasteiger partial charge in [0, 0.05) is 6.07 Å². The summed E-state index contributed by atoms with van der Waals surface area (Å²) >= 11 is 0. The van der Waals surface area contributed by atoms with Crippen molar-refractivity contribution in [2.24, 2.45) is 5.41 Å². The van der Waals surface area contributed by atoms with Gasteiger partial charge in [-0.15, -0.1) is 0 Å². The number of rotatable bonds is 1. The molecule has 0 atom stereocenters. The number of halogens is 2. The molecule has 3 aliphatic rings. The van der Waals surface area contributed by atoms with Crippen molar-refractivity contribution in [1.82, 2.24) is 0 Å². The predicted molar refractivity (Wildman–Crippen MR) is 50.0 cm³/mol. The monoisotopic (exact) mass is 194 g/mol. The van der Waals surface area contributed by atoms with Crippen LogP contribution in [0.3, 0.4) is 0 Å². The van der Waals surface area contributed by atoms with Crippen LogP contribution in [0.5, 0.6) is 0 Å². The van der Waals surface area contributed by atoms with Crippen LogP contribution in [0.4, 0.5) is 8.78 Å². The quantitative estimate of drug-likeness (QED) is 0.642. The van der Waals surface area contributed by atoms with Crippen molar-refractivity contribution in [3.05, 3.63) is 35.4 Å². The summed E-state index contributed by atoms with van der Waals surface area (Å²) in [7, 11) is 0. The Bertz CT molecular complexity index is 389. The normalized spacial score (nSPS) is 38.8. The second-order valence-corrected chi connectivity index (χ2v) is 5.25. The highest BCUT2D eigenvalue weighted by molar-refractivity contribution is 5.38. The van der Waals surface area contributed by atoms with Gasteiger partial charge in [0.15, 0.2) is 0 Å². The average Bonchev–Trinajstić information content (AvgIpc) is 1.98. The third kappa shape index (κ3) is 0.865. The Morgan fingerprint density at radius 2 is 1.79 bits per heavy atom. The van der Waals surface area contributed by atoms with Gasteiger partial charge in [0.05, 0.1) is 0 Å². The summed E-state index contributed by atoms with van der Waals surface area (Å²) in [6.07, 6.45) is 3.22. The van der Waals surface area contributed by atoms with E-state index in [-0.39, 0.29) is 11.2 Å². The maximum Gasteiger partial charge on any atom is 0.129 e. The summed E-state index contributed by atoms with van der Waals surface area (Å²) in [5, 5.41) is 0. The van der Waals surface area contributed by atoms with E-state index in [1.165, 1.54) is 6.07 Å². The molecule has 1 aromatic carbocycles. The predicted octanol–water partition coefficient (Wildman–Crippen LogP) is 3.41. The van der Waals surface area contributed by atoms with Crippen LogP contribution >= 0.6 is 0 Å². The van der Waals surface area contributed by atoms with E-state index in [1.807, 2.05) is 0 Å². The number of hydrogen-bond acceptors (Lipinski definition) is 0. The minimum Gasteiger partial charge on any atom is -0.207 e. The van der Waals surface area contributed by atoms with Crippen LogP contribution in [0, 0.1) is 17.0 Å². The SMILES string of the molecule is CC12CC(c3ccc(F)cc3F)(C1)C2. The summed E-state index contributed by atoms with van der Waals surface area (Å²) < 4.78 is 26.2. The molecular formula is C12H12F2. The Balaban J connectivity index is 1.99. The van der Waals surface area contributed by atoms with Crippen LogP contribution in [-0.4, -0.2) is 0 Å². The second-order valence-electron chi connectivity index (χ2n) is 5.25. The van der Waals surface area contributed by atoms with Gasteiger partial charge < -0.3 is 0 Å². The standard InChI is InChI=1S/C12H12F2/c1-11-5-12(6-11,7-11)9-3-2-8(13)4-10(9)14/h2-4H,5-7H2,1H3. The van der Waals surface area contributed by atoms with E-state index < -0.39 is 5.82 Å². The zero-order chi connectivity index (χ0) is 9.97. The number of benzene rings is 1. The van der Waals surface area contributed by atoms with Crippen molar-refractivity contribution in [2.45, 2.75) is 31.6 Å². The molecule has 0 spiro atoms. The molecule has 2 bridgehead atoms. The van der Waals surface area contributed by atoms with Crippen molar-refractivity contribution in [2.75, 3.05) is 0 Å². The first kappa shape index (κ1) is 8.39. The highest BCUT2D eigenvalue weighted by Crippen LogP contribution is 2.73. The zero-order valence-corrected chi connectivity index (χ0v) is 8.11. The minimum absolute atomic E-state index is 0.0620. The van der Waals surface area contributed by atoms with Crippen molar-refractivity contribution >= 4 is 0 Å². The van der Waals surface area contributed by atoms with E-state index in [0.717, 1.165) is 30.9 Å². The molecule has 0 saturated heterocycles. The molecule has 3 saturated carbocycles. The molecule has 0 radical (unpaired) electrons. The number of hydrogen-bond donors (Lipinski definition) is 0. The lowest BCUT2D eigenvalue weighted by molar-refractivity contribution is -0.127. The summed E-state index contributed by atoms with van der Waals surface area (Å²) in [4.78, 5) is 0. The summed E-state index contributed by atoms with van der Waals surface area (Å²) in [5.74, 6) is -0.851. The van der Waals surface area contributed by atoms with Crippen LogP contribution in [0.25, 0.3) is 0 Å². The molecule has 14 heavy (non-hydrogen) atoms. The molecule has 0 aliphatic heterocycles. The first-order chi connectivity index (χ1) is 6.53. The maximum atomic E-state index is 13.5. The average molecular weight is 194 g/mol. The topological polar surface area (TPSA) is 0 Å². The first-order valence-electron chi connectivity index (χ1n) is 4.99. The molecule has 0 N–H and O–H groups in total. The molecule has 3 aliphatic carbocycles. The van der Waals surface area contributed by atoms with E-state index in [2.05, 4.69) is 6.92 Å². The van der Waals surface area contributed by atoms with E-state index in [4.69, 9.17) is 0 Å². The Hall–Kier alpha value is -0.920. The van der Waals surface area contributed by atoms with Crippen molar-refractivity contribution in [3.8, 4) is 0 Å². The second kappa shape index (κ2) is 2.18. The highest BCUT2D eigenvalue weighted by Gasteiger charge is 2.66. The van der Waals surface area contributed by atoms with Gasteiger partial charge in [0.25, 0.3) is 0 Å². The molecule has 1 aromatic rings. The Labute approximate surface area is 81.9 Å². The van der Waals surface area contributed by atoms with Gasteiger partial charge in [0.1, 0.15) is 11.6 Å². The van der Waals surface area contributed by atoms with Crippen molar-refractivity contribution in [3.63, 3.8) is 0 Å². The molecule has 4 rings (SSSR count). The van der Waals surface area contributed by atoms with Gasteiger partial charge in [-0.25, -0.2) is 8.78 Å². The molecule has 0 unspecified atom stereocenters. The Morgan fingerprint density at radius 1 is 1.14 bits per heavy atom. The summed E-state index contributed by atoms with van der Waals surface area (Å²) in [6, 6.07) is 3.97. The molecule has 74 valence electrons. The largest absolute Gasteiger partial charge is 0.207 e. The zero-order valence-electron chi connectivity index (χ0n) is 8.11. The van der Waals surface area contributed by atoms with Crippen LogP contribution in [0.2, 0.25) is 0 Å². The molecule has 0 nitrogen and oxygen atoms in total. The third-order valence-electron chi connectivity index (χ3n) is 3.80. The van der Waals surface area contributed by atoms with E-state index in [0.29, 0.717) is 5.41 Å². The molecule has 2 heteroatoms. The van der Waals surface area contributed by atoms with Crippen LogP contribution < -0.4 is 0 Å². The van der Waals surface area contributed by atoms with Crippen molar-refractivity contribution < 1.29 is 8.78 Å². The van der Waals surface area contributed by atoms with E-state index in [9.17, 15) is 8.78 Å². The molecular weight excluding hydrogens is 182 g/mol. The van der Waals surface area contributed by atoms with E-state index in [1.54, 1.807) is 6.07 Å². The smallest absolute Gasteiger partial charge is 0.129 e. The van der Waals surface area contributed by atoms with Crippen LogP contribution in [0.1, 0.15) is 31.7 Å². The first-order valence-corrected chi connectivity index (χ1v) is 4.99. The van der Waals surface area contributed by atoms with Gasteiger partial charge in [0.2, 0.25) is 0 Å².